The molecule has 4 rings (SSSR count). The van der Waals surface area contributed by atoms with E-state index < -0.39 is 4.92 Å². The van der Waals surface area contributed by atoms with Gasteiger partial charge in [-0.3, -0.25) is 14.9 Å². The lowest BCUT2D eigenvalue weighted by Gasteiger charge is -2.12. The predicted octanol–water partition coefficient (Wildman–Crippen LogP) is 5.23. The molecule has 4 aromatic rings. The first-order valence-corrected chi connectivity index (χ1v) is 10.1. The Hall–Kier alpha value is -4.26. The number of carbonyl (C=O) groups is 1. The summed E-state index contributed by atoms with van der Waals surface area (Å²) < 4.78 is 1.95. The van der Waals surface area contributed by atoms with Crippen molar-refractivity contribution in [3.8, 4) is 5.69 Å². The standard InChI is InChI=1S/C25H22N4O3/c1-16-8-11-23(29(31)32)14-24(16)28-17(2)12-22(18(28)3)15-26-27-25(30)21-10-9-19-6-4-5-7-20(19)13-21/h4-15H,1-3H3,(H,27,30)/b26-15-. The van der Waals surface area contributed by atoms with Gasteiger partial charge in [0.1, 0.15) is 0 Å². The summed E-state index contributed by atoms with van der Waals surface area (Å²) >= 11 is 0. The lowest BCUT2D eigenvalue weighted by Crippen LogP contribution is -2.17. The Bertz CT molecular complexity index is 1390. The number of aromatic nitrogens is 1. The molecule has 32 heavy (non-hydrogen) atoms. The van der Waals surface area contributed by atoms with E-state index in [1.165, 1.54) is 6.07 Å². The fourth-order valence-electron chi connectivity index (χ4n) is 3.80. The predicted molar refractivity (Wildman–Crippen MR) is 126 cm³/mol. The molecule has 3 aromatic carbocycles. The first-order chi connectivity index (χ1) is 15.3. The van der Waals surface area contributed by atoms with Crippen molar-refractivity contribution >= 4 is 28.6 Å². The van der Waals surface area contributed by atoms with Crippen molar-refractivity contribution in [2.75, 3.05) is 0 Å². The molecule has 0 radical (unpaired) electrons. The van der Waals surface area contributed by atoms with E-state index in [1.54, 1.807) is 24.4 Å². The van der Waals surface area contributed by atoms with Crippen LogP contribution in [0.5, 0.6) is 0 Å². The first-order valence-electron chi connectivity index (χ1n) is 10.1. The second-order valence-corrected chi connectivity index (χ2v) is 7.65. The van der Waals surface area contributed by atoms with Crippen LogP contribution in [0.25, 0.3) is 16.5 Å². The molecule has 0 saturated carbocycles. The molecule has 160 valence electrons. The van der Waals surface area contributed by atoms with Gasteiger partial charge in [-0.15, -0.1) is 0 Å². The molecule has 1 N–H and O–H groups in total. The highest BCUT2D eigenvalue weighted by molar-refractivity contribution is 5.99. The van der Waals surface area contributed by atoms with Gasteiger partial charge >= 0.3 is 0 Å². The van der Waals surface area contributed by atoms with Crippen LogP contribution >= 0.6 is 0 Å². The van der Waals surface area contributed by atoms with Crippen LogP contribution in [-0.2, 0) is 0 Å². The van der Waals surface area contributed by atoms with Crippen LogP contribution in [0, 0.1) is 30.9 Å². The third-order valence-electron chi connectivity index (χ3n) is 5.50. The molecule has 0 aliphatic rings. The zero-order valence-corrected chi connectivity index (χ0v) is 18.0. The molecule has 7 nitrogen and oxygen atoms in total. The van der Waals surface area contributed by atoms with Gasteiger partial charge in [-0.05, 0) is 55.3 Å². The number of nitrogens with one attached hydrogen (secondary N) is 1. The molecule has 0 saturated heterocycles. The molecule has 1 amide bonds. The summed E-state index contributed by atoms with van der Waals surface area (Å²) in [7, 11) is 0. The van der Waals surface area contributed by atoms with Crippen LogP contribution in [0.15, 0.2) is 71.8 Å². The number of aryl methyl sites for hydroxylation is 2. The summed E-state index contributed by atoms with van der Waals surface area (Å²) in [5, 5.41) is 17.4. The number of rotatable bonds is 5. The average molecular weight is 426 g/mol. The Labute approximate surface area is 185 Å². The van der Waals surface area contributed by atoms with E-state index in [0.29, 0.717) is 5.56 Å². The maximum atomic E-state index is 12.5. The van der Waals surface area contributed by atoms with E-state index in [1.807, 2.05) is 67.8 Å². The van der Waals surface area contributed by atoms with Crippen molar-refractivity contribution < 1.29 is 9.72 Å². The van der Waals surface area contributed by atoms with Crippen molar-refractivity contribution in [2.45, 2.75) is 20.8 Å². The monoisotopic (exact) mass is 426 g/mol. The minimum Gasteiger partial charge on any atom is -0.317 e. The van der Waals surface area contributed by atoms with Gasteiger partial charge in [-0.2, -0.15) is 5.10 Å². The lowest BCUT2D eigenvalue weighted by molar-refractivity contribution is -0.384. The van der Waals surface area contributed by atoms with Crippen molar-refractivity contribution in [3.63, 3.8) is 0 Å². The molecule has 0 spiro atoms. The molecule has 0 aliphatic carbocycles. The van der Waals surface area contributed by atoms with Crippen molar-refractivity contribution in [1.82, 2.24) is 9.99 Å². The van der Waals surface area contributed by atoms with Gasteiger partial charge in [-0.1, -0.05) is 36.4 Å². The van der Waals surface area contributed by atoms with E-state index in [2.05, 4.69) is 10.5 Å². The van der Waals surface area contributed by atoms with Crippen molar-refractivity contribution in [3.05, 3.63) is 105 Å². The second kappa shape index (κ2) is 8.47. The fraction of sp³-hybridized carbons (Fsp3) is 0.120. The van der Waals surface area contributed by atoms with Crippen LogP contribution < -0.4 is 5.43 Å². The van der Waals surface area contributed by atoms with Crippen LogP contribution in [0.4, 0.5) is 5.69 Å². The van der Waals surface area contributed by atoms with E-state index >= 15 is 0 Å². The largest absolute Gasteiger partial charge is 0.317 e. The van der Waals surface area contributed by atoms with E-state index in [-0.39, 0.29) is 11.6 Å². The first kappa shape index (κ1) is 21.0. The molecule has 1 aromatic heterocycles. The summed E-state index contributed by atoms with van der Waals surface area (Å²) in [6.07, 6.45) is 1.59. The summed E-state index contributed by atoms with van der Waals surface area (Å²) in [6, 6.07) is 20.1. The number of non-ortho nitro benzene ring substituents is 1. The van der Waals surface area contributed by atoms with E-state index in [4.69, 9.17) is 0 Å². The maximum absolute atomic E-state index is 12.5. The van der Waals surface area contributed by atoms with Gasteiger partial charge < -0.3 is 4.57 Å². The molecule has 1 heterocycles. The van der Waals surface area contributed by atoms with Gasteiger partial charge in [-0.25, -0.2) is 5.43 Å². The number of benzene rings is 3. The lowest BCUT2D eigenvalue weighted by atomic mass is 10.1. The summed E-state index contributed by atoms with van der Waals surface area (Å²) in [6.45, 7) is 5.75. The van der Waals surface area contributed by atoms with Gasteiger partial charge in [0.25, 0.3) is 11.6 Å². The van der Waals surface area contributed by atoms with Crippen molar-refractivity contribution in [1.29, 1.82) is 0 Å². The second-order valence-electron chi connectivity index (χ2n) is 7.65. The Kier molecular flexibility index (Phi) is 5.55. The summed E-state index contributed by atoms with van der Waals surface area (Å²) in [5.41, 5.74) is 7.40. The van der Waals surface area contributed by atoms with Crippen molar-refractivity contribution in [2.24, 2.45) is 5.10 Å². The molecule has 0 aliphatic heterocycles. The highest BCUT2D eigenvalue weighted by Crippen LogP contribution is 2.26. The van der Waals surface area contributed by atoms with Gasteiger partial charge in [0.15, 0.2) is 0 Å². The summed E-state index contributed by atoms with van der Waals surface area (Å²) in [4.78, 5) is 23.3. The highest BCUT2D eigenvalue weighted by Gasteiger charge is 2.15. The molecule has 0 fully saturated rings. The van der Waals surface area contributed by atoms with Gasteiger partial charge in [0.05, 0.1) is 16.8 Å². The highest BCUT2D eigenvalue weighted by atomic mass is 16.6. The number of amides is 1. The molecule has 0 unspecified atom stereocenters. The quantitative estimate of drug-likeness (QED) is 0.269. The topological polar surface area (TPSA) is 89.5 Å². The zero-order chi connectivity index (χ0) is 22.8. The van der Waals surface area contributed by atoms with E-state index in [9.17, 15) is 14.9 Å². The van der Waals surface area contributed by atoms with Gasteiger partial charge in [0.2, 0.25) is 0 Å². The number of nitrogens with zero attached hydrogens (tertiary/aromatic N) is 3. The number of carbonyl (C=O) groups excluding carboxylic acids is 1. The normalized spacial score (nSPS) is 11.2. The molecule has 0 atom stereocenters. The maximum Gasteiger partial charge on any atom is 0.271 e. The smallest absolute Gasteiger partial charge is 0.271 e. The average Bonchev–Trinajstić information content (AvgIpc) is 3.06. The molecule has 7 heteroatoms. The number of nitro groups is 1. The Morgan fingerprint density at radius 1 is 1.00 bits per heavy atom. The Morgan fingerprint density at radius 3 is 2.50 bits per heavy atom. The molecule has 0 bridgehead atoms. The molecular formula is C25H22N4O3. The van der Waals surface area contributed by atoms with Crippen LogP contribution in [0.2, 0.25) is 0 Å². The van der Waals surface area contributed by atoms with Crippen LogP contribution in [0.1, 0.15) is 32.9 Å². The van der Waals surface area contributed by atoms with Gasteiger partial charge in [0, 0.05) is 34.6 Å². The number of hydrogen-bond acceptors (Lipinski definition) is 4. The minimum atomic E-state index is -0.401. The van der Waals surface area contributed by atoms with E-state index in [0.717, 1.165) is 39.0 Å². The molecular weight excluding hydrogens is 404 g/mol. The third kappa shape index (κ3) is 4.00. The number of hydrogen-bond donors (Lipinski definition) is 1. The Morgan fingerprint density at radius 2 is 1.75 bits per heavy atom. The minimum absolute atomic E-state index is 0.0379. The van der Waals surface area contributed by atoms with Crippen LogP contribution in [0.3, 0.4) is 0 Å². The third-order valence-corrected chi connectivity index (χ3v) is 5.50. The zero-order valence-electron chi connectivity index (χ0n) is 18.0. The number of nitro benzene ring substituents is 1. The Balaban J connectivity index is 1.57. The SMILES string of the molecule is Cc1ccc([N+](=O)[O-])cc1-n1c(C)cc(/C=N\NC(=O)c2ccc3ccccc3c2)c1C. The number of hydrazone groups is 1. The number of fused-ring (bicyclic) bond motifs is 1. The fourth-order valence-corrected chi connectivity index (χ4v) is 3.80. The van der Waals surface area contributed by atoms with Crippen LogP contribution in [-0.4, -0.2) is 21.6 Å². The summed E-state index contributed by atoms with van der Waals surface area (Å²) in [5.74, 6) is -0.296.